The van der Waals surface area contributed by atoms with Crippen LogP contribution < -0.4 is 0 Å². The molecule has 0 spiro atoms. The number of carbonyl (C=O) groups is 1. The van der Waals surface area contributed by atoms with Crippen LogP contribution in [-0.4, -0.2) is 18.3 Å². The molecule has 0 heterocycles. The lowest BCUT2D eigenvalue weighted by atomic mass is 10.2. The number of thioether (sulfide) groups is 1. The van der Waals surface area contributed by atoms with Gasteiger partial charge >= 0.3 is 5.97 Å². The van der Waals surface area contributed by atoms with E-state index in [0.717, 1.165) is 5.75 Å². The van der Waals surface area contributed by atoms with Crippen molar-refractivity contribution in [3.8, 4) is 0 Å². The molecule has 0 fully saturated rings. The Bertz CT molecular complexity index is 332. The summed E-state index contributed by atoms with van der Waals surface area (Å²) in [5.74, 6) is 0.607. The summed E-state index contributed by atoms with van der Waals surface area (Å²) in [4.78, 5) is 12.6. The van der Waals surface area contributed by atoms with Gasteiger partial charge in [-0.15, -0.1) is 11.8 Å². The largest absolute Gasteiger partial charge is 0.466 e. The van der Waals surface area contributed by atoms with E-state index in [1.807, 2.05) is 13.8 Å². The summed E-state index contributed by atoms with van der Waals surface area (Å²) in [6.07, 6.45) is 0. The monoisotopic (exact) mass is 238 g/mol. The van der Waals surface area contributed by atoms with Crippen molar-refractivity contribution in [2.75, 3.05) is 12.4 Å². The maximum atomic E-state index is 11.4. The van der Waals surface area contributed by atoms with Crippen molar-refractivity contribution in [2.24, 2.45) is 5.92 Å². The maximum absolute atomic E-state index is 11.4. The molecule has 16 heavy (non-hydrogen) atoms. The first-order valence-corrected chi connectivity index (χ1v) is 6.48. The Hall–Kier alpha value is -0.960. The summed E-state index contributed by atoms with van der Waals surface area (Å²) in [5.41, 5.74) is 1.25. The van der Waals surface area contributed by atoms with Crippen LogP contribution in [0.5, 0.6) is 0 Å². The zero-order valence-electron chi connectivity index (χ0n) is 10.0. The summed E-state index contributed by atoms with van der Waals surface area (Å²) in [6, 6.07) is 8.32. The van der Waals surface area contributed by atoms with E-state index in [9.17, 15) is 4.79 Å². The van der Waals surface area contributed by atoms with Gasteiger partial charge in [-0.05, 0) is 26.0 Å². The second kappa shape index (κ2) is 6.59. The minimum atomic E-state index is -0.109. The zero-order valence-corrected chi connectivity index (χ0v) is 10.8. The van der Waals surface area contributed by atoms with Gasteiger partial charge in [0.1, 0.15) is 0 Å². The van der Waals surface area contributed by atoms with Crippen LogP contribution in [0.3, 0.4) is 0 Å². The van der Waals surface area contributed by atoms with Gasteiger partial charge in [0, 0.05) is 10.6 Å². The van der Waals surface area contributed by atoms with Crippen molar-refractivity contribution in [2.45, 2.75) is 25.7 Å². The normalized spacial score (nSPS) is 12.2. The van der Waals surface area contributed by atoms with Crippen LogP contribution in [0.1, 0.15) is 19.4 Å². The molecule has 0 aliphatic rings. The molecule has 2 nitrogen and oxygen atoms in total. The fourth-order valence-electron chi connectivity index (χ4n) is 1.21. The van der Waals surface area contributed by atoms with Gasteiger partial charge in [0.2, 0.25) is 0 Å². The van der Waals surface area contributed by atoms with Gasteiger partial charge in [0.15, 0.2) is 0 Å². The number of aryl methyl sites for hydroxylation is 1. The lowest BCUT2D eigenvalue weighted by Gasteiger charge is -2.09. The minimum Gasteiger partial charge on any atom is -0.466 e. The lowest BCUT2D eigenvalue weighted by molar-refractivity contribution is -0.146. The SMILES string of the molecule is CCOC(=O)[C@@H](C)CSc1ccc(C)cc1. The topological polar surface area (TPSA) is 26.3 Å². The van der Waals surface area contributed by atoms with Crippen molar-refractivity contribution in [1.82, 2.24) is 0 Å². The average molecular weight is 238 g/mol. The molecular formula is C13H18O2S. The van der Waals surface area contributed by atoms with Crippen molar-refractivity contribution < 1.29 is 9.53 Å². The molecule has 0 saturated carbocycles. The summed E-state index contributed by atoms with van der Waals surface area (Å²) in [7, 11) is 0. The molecule has 3 heteroatoms. The van der Waals surface area contributed by atoms with Gasteiger partial charge < -0.3 is 4.74 Å². The van der Waals surface area contributed by atoms with Gasteiger partial charge in [-0.1, -0.05) is 24.6 Å². The molecule has 0 N–H and O–H groups in total. The number of rotatable bonds is 5. The Balaban J connectivity index is 2.39. The van der Waals surface area contributed by atoms with E-state index in [4.69, 9.17) is 4.74 Å². The smallest absolute Gasteiger partial charge is 0.309 e. The van der Waals surface area contributed by atoms with Gasteiger partial charge in [-0.2, -0.15) is 0 Å². The first kappa shape index (κ1) is 13.1. The zero-order chi connectivity index (χ0) is 12.0. The third kappa shape index (κ3) is 4.27. The molecule has 88 valence electrons. The molecule has 1 rings (SSSR count). The predicted molar refractivity (Wildman–Crippen MR) is 67.7 cm³/mol. The lowest BCUT2D eigenvalue weighted by Crippen LogP contribution is -2.16. The fraction of sp³-hybridized carbons (Fsp3) is 0.462. The number of carbonyl (C=O) groups excluding carboxylic acids is 1. The first-order chi connectivity index (χ1) is 7.63. The van der Waals surface area contributed by atoms with Gasteiger partial charge in [0.05, 0.1) is 12.5 Å². The maximum Gasteiger partial charge on any atom is 0.309 e. The van der Waals surface area contributed by atoms with Crippen molar-refractivity contribution in [3.63, 3.8) is 0 Å². The molecule has 0 bridgehead atoms. The van der Waals surface area contributed by atoms with Crippen LogP contribution in [0, 0.1) is 12.8 Å². The van der Waals surface area contributed by atoms with E-state index in [2.05, 4.69) is 31.2 Å². The number of esters is 1. The van der Waals surface area contributed by atoms with Crippen LogP contribution in [0.25, 0.3) is 0 Å². The molecule has 1 atom stereocenters. The summed E-state index contributed by atoms with van der Waals surface area (Å²) in [6.45, 7) is 6.25. The Kier molecular flexibility index (Phi) is 5.39. The highest BCUT2D eigenvalue weighted by atomic mass is 32.2. The van der Waals surface area contributed by atoms with E-state index in [-0.39, 0.29) is 11.9 Å². The molecule has 0 aliphatic heterocycles. The second-order valence-corrected chi connectivity index (χ2v) is 4.87. The van der Waals surface area contributed by atoms with Gasteiger partial charge in [-0.3, -0.25) is 4.79 Å². The number of benzene rings is 1. The Labute approximate surface area is 101 Å². The molecule has 0 saturated heterocycles. The summed E-state index contributed by atoms with van der Waals surface area (Å²) in [5, 5.41) is 0. The molecule has 1 aromatic rings. The number of hydrogen-bond acceptors (Lipinski definition) is 3. The molecule has 0 amide bonds. The number of ether oxygens (including phenoxy) is 1. The second-order valence-electron chi connectivity index (χ2n) is 3.78. The van der Waals surface area contributed by atoms with E-state index in [1.54, 1.807) is 11.8 Å². The molecule has 0 radical (unpaired) electrons. The summed E-state index contributed by atoms with van der Waals surface area (Å²) < 4.78 is 4.96. The van der Waals surface area contributed by atoms with Crippen molar-refractivity contribution >= 4 is 17.7 Å². The first-order valence-electron chi connectivity index (χ1n) is 5.49. The summed E-state index contributed by atoms with van der Waals surface area (Å²) >= 11 is 1.69. The van der Waals surface area contributed by atoms with Crippen molar-refractivity contribution in [1.29, 1.82) is 0 Å². The molecule has 0 unspecified atom stereocenters. The van der Waals surface area contributed by atoms with E-state index in [1.165, 1.54) is 10.5 Å². The fourth-order valence-corrected chi connectivity index (χ4v) is 2.12. The Morgan fingerprint density at radius 2 is 2.00 bits per heavy atom. The Morgan fingerprint density at radius 1 is 1.38 bits per heavy atom. The van der Waals surface area contributed by atoms with E-state index in [0.29, 0.717) is 6.61 Å². The molecule has 0 aromatic heterocycles. The highest BCUT2D eigenvalue weighted by molar-refractivity contribution is 7.99. The van der Waals surface area contributed by atoms with E-state index < -0.39 is 0 Å². The Morgan fingerprint density at radius 3 is 2.56 bits per heavy atom. The molecule has 1 aromatic carbocycles. The van der Waals surface area contributed by atoms with Gasteiger partial charge in [-0.25, -0.2) is 0 Å². The van der Waals surface area contributed by atoms with Crippen molar-refractivity contribution in [3.05, 3.63) is 29.8 Å². The predicted octanol–water partition coefficient (Wildman–Crippen LogP) is 3.29. The minimum absolute atomic E-state index is 0.0498. The van der Waals surface area contributed by atoms with Crippen LogP contribution in [-0.2, 0) is 9.53 Å². The molecule has 0 aliphatic carbocycles. The van der Waals surface area contributed by atoms with Crippen LogP contribution >= 0.6 is 11.8 Å². The highest BCUT2D eigenvalue weighted by Crippen LogP contribution is 2.21. The number of hydrogen-bond donors (Lipinski definition) is 0. The average Bonchev–Trinajstić information content (AvgIpc) is 2.28. The standard InChI is InChI=1S/C13H18O2S/c1-4-15-13(14)11(3)9-16-12-7-5-10(2)6-8-12/h5-8,11H,4,9H2,1-3H3/t11-/m0/s1. The van der Waals surface area contributed by atoms with E-state index >= 15 is 0 Å². The third-order valence-corrected chi connectivity index (χ3v) is 3.48. The van der Waals surface area contributed by atoms with Crippen LogP contribution in [0.15, 0.2) is 29.2 Å². The highest BCUT2D eigenvalue weighted by Gasteiger charge is 2.13. The van der Waals surface area contributed by atoms with Gasteiger partial charge in [0.25, 0.3) is 0 Å². The third-order valence-electron chi connectivity index (χ3n) is 2.21. The quantitative estimate of drug-likeness (QED) is 0.581. The van der Waals surface area contributed by atoms with Crippen LogP contribution in [0.4, 0.5) is 0 Å². The molecular weight excluding hydrogens is 220 g/mol. The van der Waals surface area contributed by atoms with Crippen LogP contribution in [0.2, 0.25) is 0 Å².